The van der Waals surface area contributed by atoms with Crippen molar-refractivity contribution in [2.45, 2.75) is 57.1 Å². The van der Waals surface area contributed by atoms with E-state index in [-0.39, 0.29) is 16.9 Å². The third kappa shape index (κ3) is 3.78. The summed E-state index contributed by atoms with van der Waals surface area (Å²) in [6, 6.07) is 6.05. The summed E-state index contributed by atoms with van der Waals surface area (Å²) in [7, 11) is -3.53. The largest absolute Gasteiger partial charge is 0.378 e. The van der Waals surface area contributed by atoms with E-state index >= 15 is 0 Å². The first kappa shape index (κ1) is 20.8. The Hall–Kier alpha value is -1.48. The predicted octanol–water partition coefficient (Wildman–Crippen LogP) is 1.85. The molecule has 146 valence electrons. The molecule has 0 heterocycles. The Morgan fingerprint density at radius 3 is 2.38 bits per heavy atom. The summed E-state index contributed by atoms with van der Waals surface area (Å²) >= 11 is 0. The fraction of sp³-hybridized carbons (Fsp3) is 0.611. The quantitative estimate of drug-likeness (QED) is 0.634. The summed E-state index contributed by atoms with van der Waals surface area (Å²) in [6.45, 7) is 8.61. The Labute approximate surface area is 155 Å². The van der Waals surface area contributed by atoms with Crippen LogP contribution in [0, 0.1) is 5.41 Å². The van der Waals surface area contributed by atoms with E-state index in [1.807, 2.05) is 27.7 Å². The number of hydrogen-bond acceptors (Lipinski definition) is 5. The molecule has 1 amide bonds. The van der Waals surface area contributed by atoms with Crippen LogP contribution in [0.1, 0.15) is 40.5 Å². The van der Waals surface area contributed by atoms with Crippen LogP contribution >= 0.6 is 0 Å². The highest BCUT2D eigenvalue weighted by molar-refractivity contribution is 7.89. The van der Waals surface area contributed by atoms with E-state index in [1.54, 1.807) is 12.1 Å². The first-order valence-electron chi connectivity index (χ1n) is 8.90. The second kappa shape index (κ2) is 7.64. The highest BCUT2D eigenvalue weighted by atomic mass is 32.2. The molecule has 0 spiro atoms. The zero-order chi connectivity index (χ0) is 19.6. The van der Waals surface area contributed by atoms with Crippen LogP contribution in [-0.4, -0.2) is 39.1 Å². The van der Waals surface area contributed by atoms with E-state index in [1.165, 1.54) is 12.1 Å². The molecule has 0 saturated heterocycles. The Morgan fingerprint density at radius 2 is 1.88 bits per heavy atom. The number of hydrogen-bond donors (Lipinski definition) is 3. The molecule has 0 aromatic heterocycles. The summed E-state index contributed by atoms with van der Waals surface area (Å²) in [5, 5.41) is 2.79. The van der Waals surface area contributed by atoms with Gasteiger partial charge in [0.1, 0.15) is 5.54 Å². The first-order valence-corrected chi connectivity index (χ1v) is 10.4. The van der Waals surface area contributed by atoms with Crippen LogP contribution in [0.3, 0.4) is 0 Å². The number of rotatable bonds is 8. The van der Waals surface area contributed by atoms with Crippen LogP contribution in [0.25, 0.3) is 0 Å². The Kier molecular flexibility index (Phi) is 6.12. The second-order valence-electron chi connectivity index (χ2n) is 7.22. The number of anilines is 1. The van der Waals surface area contributed by atoms with Gasteiger partial charge < -0.3 is 15.8 Å². The zero-order valence-electron chi connectivity index (χ0n) is 15.8. The van der Waals surface area contributed by atoms with Crippen molar-refractivity contribution in [3.05, 3.63) is 24.3 Å². The lowest BCUT2D eigenvalue weighted by molar-refractivity contribution is -0.166. The van der Waals surface area contributed by atoms with Crippen molar-refractivity contribution in [3.63, 3.8) is 0 Å². The van der Waals surface area contributed by atoms with Crippen LogP contribution < -0.4 is 15.8 Å². The fourth-order valence-corrected chi connectivity index (χ4v) is 4.23. The minimum Gasteiger partial charge on any atom is -0.378 e. The number of carbonyl (C=O) groups is 1. The monoisotopic (exact) mass is 383 g/mol. The molecule has 2 rings (SSSR count). The molecule has 0 bridgehead atoms. The smallest absolute Gasteiger partial charge is 0.245 e. The van der Waals surface area contributed by atoms with Gasteiger partial charge in [0.15, 0.2) is 0 Å². The van der Waals surface area contributed by atoms with E-state index in [4.69, 9.17) is 10.5 Å². The average Bonchev–Trinajstić information content (AvgIpc) is 2.60. The van der Waals surface area contributed by atoms with Gasteiger partial charge in [-0.2, -0.15) is 0 Å². The molecule has 7 nitrogen and oxygen atoms in total. The molecular weight excluding hydrogens is 354 g/mol. The van der Waals surface area contributed by atoms with Crippen molar-refractivity contribution >= 4 is 21.6 Å². The normalized spacial score (nSPS) is 24.7. The molecule has 1 fully saturated rings. The molecule has 0 aliphatic heterocycles. The molecule has 2 unspecified atom stereocenters. The number of sulfonamides is 1. The van der Waals surface area contributed by atoms with Gasteiger partial charge in [-0.1, -0.05) is 20.8 Å². The lowest BCUT2D eigenvalue weighted by atomic mass is 9.54. The molecule has 4 N–H and O–H groups in total. The number of nitrogens with one attached hydrogen (secondary N) is 2. The van der Waals surface area contributed by atoms with E-state index in [0.29, 0.717) is 31.7 Å². The van der Waals surface area contributed by atoms with E-state index in [9.17, 15) is 13.2 Å². The topological polar surface area (TPSA) is 111 Å². The number of benzene rings is 1. The van der Waals surface area contributed by atoms with Crippen molar-refractivity contribution in [1.82, 2.24) is 4.72 Å². The predicted molar refractivity (Wildman–Crippen MR) is 101 cm³/mol. The standard InChI is InChI=1S/C18H29N3O4S/c1-5-11-20-26(23,24)14-9-7-13(8-10-14)21-16(22)18(19)12-15(25-6-2)17(18,3)4/h7-10,15,20H,5-6,11-12,19H2,1-4H3,(H,21,22). The fourth-order valence-electron chi connectivity index (χ4n) is 3.10. The van der Waals surface area contributed by atoms with Gasteiger partial charge in [-0.3, -0.25) is 4.79 Å². The SMILES string of the molecule is CCCNS(=O)(=O)c1ccc(NC(=O)C2(N)CC(OCC)C2(C)C)cc1. The van der Waals surface area contributed by atoms with Crippen LogP contribution in [0.15, 0.2) is 29.2 Å². The maximum Gasteiger partial charge on any atom is 0.245 e. The van der Waals surface area contributed by atoms with Gasteiger partial charge in [-0.05, 0) is 37.6 Å². The zero-order valence-corrected chi connectivity index (χ0v) is 16.7. The minimum atomic E-state index is -3.53. The summed E-state index contributed by atoms with van der Waals surface area (Å²) in [5.41, 5.74) is 5.34. The number of ether oxygens (including phenoxy) is 1. The van der Waals surface area contributed by atoms with Gasteiger partial charge >= 0.3 is 0 Å². The summed E-state index contributed by atoms with van der Waals surface area (Å²) in [6.07, 6.45) is 1.11. The van der Waals surface area contributed by atoms with E-state index < -0.39 is 21.0 Å². The van der Waals surface area contributed by atoms with Gasteiger partial charge in [-0.15, -0.1) is 0 Å². The third-order valence-corrected chi connectivity index (χ3v) is 6.68. The number of nitrogens with two attached hydrogens (primary N) is 1. The van der Waals surface area contributed by atoms with Crippen molar-refractivity contribution < 1.29 is 17.9 Å². The van der Waals surface area contributed by atoms with Crippen molar-refractivity contribution in [1.29, 1.82) is 0 Å². The molecule has 8 heteroatoms. The summed E-state index contributed by atoms with van der Waals surface area (Å²) < 4.78 is 32.3. The molecule has 1 aromatic carbocycles. The lowest BCUT2D eigenvalue weighted by Crippen LogP contribution is -2.74. The molecule has 2 atom stereocenters. The van der Waals surface area contributed by atoms with Crippen LogP contribution in [0.2, 0.25) is 0 Å². The molecular formula is C18H29N3O4S. The molecule has 1 aliphatic rings. The van der Waals surface area contributed by atoms with Gasteiger partial charge in [0.05, 0.1) is 11.0 Å². The van der Waals surface area contributed by atoms with Crippen molar-refractivity contribution in [2.75, 3.05) is 18.5 Å². The van der Waals surface area contributed by atoms with E-state index in [0.717, 1.165) is 0 Å². The van der Waals surface area contributed by atoms with Gasteiger partial charge in [0, 0.05) is 30.7 Å². The maximum atomic E-state index is 12.7. The molecule has 26 heavy (non-hydrogen) atoms. The highest BCUT2D eigenvalue weighted by Gasteiger charge is 2.62. The van der Waals surface area contributed by atoms with Crippen LogP contribution in [0.5, 0.6) is 0 Å². The molecule has 0 radical (unpaired) electrons. The Balaban J connectivity index is 2.07. The maximum absolute atomic E-state index is 12.7. The van der Waals surface area contributed by atoms with Crippen LogP contribution in [-0.2, 0) is 19.6 Å². The summed E-state index contributed by atoms with van der Waals surface area (Å²) in [4.78, 5) is 12.8. The number of amides is 1. The Morgan fingerprint density at radius 1 is 1.27 bits per heavy atom. The van der Waals surface area contributed by atoms with Crippen molar-refractivity contribution in [3.8, 4) is 0 Å². The lowest BCUT2D eigenvalue weighted by Gasteiger charge is -2.57. The summed E-state index contributed by atoms with van der Waals surface area (Å²) in [5.74, 6) is -0.293. The van der Waals surface area contributed by atoms with Crippen molar-refractivity contribution in [2.24, 2.45) is 11.1 Å². The second-order valence-corrected chi connectivity index (χ2v) is 8.98. The van der Waals surface area contributed by atoms with Gasteiger partial charge in [-0.25, -0.2) is 13.1 Å². The first-order chi connectivity index (χ1) is 12.1. The van der Waals surface area contributed by atoms with Gasteiger partial charge in [0.2, 0.25) is 15.9 Å². The number of carbonyl (C=O) groups excluding carboxylic acids is 1. The molecule has 1 aliphatic carbocycles. The molecule has 1 aromatic rings. The third-order valence-electron chi connectivity index (χ3n) is 5.20. The average molecular weight is 384 g/mol. The highest BCUT2D eigenvalue weighted by Crippen LogP contribution is 2.50. The van der Waals surface area contributed by atoms with Gasteiger partial charge in [0.25, 0.3) is 0 Å². The Bertz CT molecular complexity index is 746. The molecule has 1 saturated carbocycles. The van der Waals surface area contributed by atoms with Crippen LogP contribution in [0.4, 0.5) is 5.69 Å². The minimum absolute atomic E-state index is 0.0552. The van der Waals surface area contributed by atoms with E-state index in [2.05, 4.69) is 10.0 Å².